The highest BCUT2D eigenvalue weighted by Gasteiger charge is 2.10. The van der Waals surface area contributed by atoms with Gasteiger partial charge in [0.2, 0.25) is 5.91 Å². The molecule has 100 valence electrons. The first-order valence-corrected chi connectivity index (χ1v) is 7.02. The minimum Gasteiger partial charge on any atom is -0.354 e. The molecule has 0 aromatic heterocycles. The van der Waals surface area contributed by atoms with Crippen molar-refractivity contribution in [3.63, 3.8) is 0 Å². The molecule has 0 radical (unpaired) electrons. The molecule has 0 aliphatic heterocycles. The van der Waals surface area contributed by atoms with Gasteiger partial charge in [0.15, 0.2) is 0 Å². The molecule has 1 aromatic carbocycles. The maximum Gasteiger partial charge on any atom is 0.220 e. The lowest BCUT2D eigenvalue weighted by atomic mass is 10.1. The summed E-state index contributed by atoms with van der Waals surface area (Å²) in [5.41, 5.74) is 0.846. The van der Waals surface area contributed by atoms with Crippen LogP contribution in [0.5, 0.6) is 0 Å². The van der Waals surface area contributed by atoms with Crippen molar-refractivity contribution < 1.29 is 4.79 Å². The first-order valence-electron chi connectivity index (χ1n) is 6.26. The monoisotopic (exact) mass is 287 g/mol. The van der Waals surface area contributed by atoms with Crippen molar-refractivity contribution in [2.24, 2.45) is 0 Å². The summed E-state index contributed by atoms with van der Waals surface area (Å²) in [6.07, 6.45) is 3.05. The predicted octanol–water partition coefficient (Wildman–Crippen LogP) is 4.23. The molecule has 0 fully saturated rings. The molecule has 0 saturated carbocycles. The highest BCUT2D eigenvalue weighted by molar-refractivity contribution is 6.36. The summed E-state index contributed by atoms with van der Waals surface area (Å²) in [5.74, 6) is 0.0481. The van der Waals surface area contributed by atoms with Gasteiger partial charge in [-0.1, -0.05) is 42.6 Å². The van der Waals surface area contributed by atoms with Crippen molar-refractivity contribution in [2.75, 3.05) is 0 Å². The summed E-state index contributed by atoms with van der Waals surface area (Å²) in [6.45, 7) is 4.12. The van der Waals surface area contributed by atoms with Gasteiger partial charge >= 0.3 is 0 Å². The standard InChI is InChI=1S/C14H19Cl2NO/c1-3-5-10(2)17-14(18)9-8-11-12(15)6-4-7-13(11)16/h4,6-7,10H,3,5,8-9H2,1-2H3,(H,17,18)/t10-/m0/s1. The Morgan fingerprint density at radius 2 is 1.94 bits per heavy atom. The van der Waals surface area contributed by atoms with Gasteiger partial charge in [-0.2, -0.15) is 0 Å². The van der Waals surface area contributed by atoms with E-state index < -0.39 is 0 Å². The van der Waals surface area contributed by atoms with Gasteiger partial charge in [0.25, 0.3) is 0 Å². The van der Waals surface area contributed by atoms with Crippen molar-refractivity contribution in [1.82, 2.24) is 5.32 Å². The van der Waals surface area contributed by atoms with Crippen molar-refractivity contribution in [1.29, 1.82) is 0 Å². The van der Waals surface area contributed by atoms with Crippen LogP contribution in [0.3, 0.4) is 0 Å². The Morgan fingerprint density at radius 3 is 2.50 bits per heavy atom. The molecule has 1 aromatic rings. The number of rotatable bonds is 6. The number of hydrogen-bond acceptors (Lipinski definition) is 1. The number of carbonyl (C=O) groups is 1. The fraction of sp³-hybridized carbons (Fsp3) is 0.500. The van der Waals surface area contributed by atoms with Crippen LogP contribution in [0.25, 0.3) is 0 Å². The number of carbonyl (C=O) groups excluding carboxylic acids is 1. The third-order valence-corrected chi connectivity index (χ3v) is 3.50. The van der Waals surface area contributed by atoms with E-state index in [4.69, 9.17) is 23.2 Å². The van der Waals surface area contributed by atoms with E-state index >= 15 is 0 Å². The second-order valence-electron chi connectivity index (χ2n) is 4.46. The molecule has 0 aliphatic carbocycles. The molecule has 0 unspecified atom stereocenters. The lowest BCUT2D eigenvalue weighted by Gasteiger charge is -2.13. The van der Waals surface area contributed by atoms with Crippen LogP contribution in [0.15, 0.2) is 18.2 Å². The number of nitrogens with one attached hydrogen (secondary N) is 1. The van der Waals surface area contributed by atoms with Gasteiger partial charge in [0, 0.05) is 22.5 Å². The maximum absolute atomic E-state index is 11.7. The molecule has 18 heavy (non-hydrogen) atoms. The van der Waals surface area contributed by atoms with Crippen LogP contribution in [0.1, 0.15) is 38.7 Å². The van der Waals surface area contributed by atoms with E-state index in [1.807, 2.05) is 6.92 Å². The molecule has 0 bridgehead atoms. The van der Waals surface area contributed by atoms with E-state index in [0.29, 0.717) is 22.9 Å². The number of benzene rings is 1. The molecule has 0 spiro atoms. The summed E-state index contributed by atoms with van der Waals surface area (Å²) >= 11 is 12.1. The molecule has 0 heterocycles. The molecular formula is C14H19Cl2NO. The third kappa shape index (κ3) is 4.87. The summed E-state index contributed by atoms with van der Waals surface area (Å²) in [6, 6.07) is 5.61. The van der Waals surface area contributed by atoms with E-state index in [1.165, 1.54) is 0 Å². The van der Waals surface area contributed by atoms with Crippen LogP contribution < -0.4 is 5.32 Å². The third-order valence-electron chi connectivity index (χ3n) is 2.79. The first kappa shape index (κ1) is 15.3. The molecule has 2 nitrogen and oxygen atoms in total. The summed E-state index contributed by atoms with van der Waals surface area (Å²) in [4.78, 5) is 11.7. The number of hydrogen-bond donors (Lipinski definition) is 1. The molecule has 0 saturated heterocycles. The summed E-state index contributed by atoms with van der Waals surface area (Å²) in [7, 11) is 0. The number of amides is 1. The average molecular weight is 288 g/mol. The molecule has 1 amide bonds. The van der Waals surface area contributed by atoms with Gasteiger partial charge in [0.1, 0.15) is 0 Å². The van der Waals surface area contributed by atoms with E-state index in [9.17, 15) is 4.79 Å². The number of halogens is 2. The van der Waals surface area contributed by atoms with Crippen molar-refractivity contribution in [3.8, 4) is 0 Å². The smallest absolute Gasteiger partial charge is 0.220 e. The fourth-order valence-corrected chi connectivity index (χ4v) is 2.45. The van der Waals surface area contributed by atoms with Crippen LogP contribution in [-0.2, 0) is 11.2 Å². The normalized spacial score (nSPS) is 12.2. The van der Waals surface area contributed by atoms with Crippen LogP contribution in [0, 0.1) is 0 Å². The highest BCUT2D eigenvalue weighted by atomic mass is 35.5. The Morgan fingerprint density at radius 1 is 1.33 bits per heavy atom. The molecule has 4 heteroatoms. The Balaban J connectivity index is 2.48. The van der Waals surface area contributed by atoms with E-state index in [1.54, 1.807) is 18.2 Å². The van der Waals surface area contributed by atoms with E-state index in [-0.39, 0.29) is 11.9 Å². The lowest BCUT2D eigenvalue weighted by Crippen LogP contribution is -2.32. The van der Waals surface area contributed by atoms with Gasteiger partial charge in [-0.15, -0.1) is 0 Å². The van der Waals surface area contributed by atoms with Gasteiger partial charge in [0.05, 0.1) is 0 Å². The van der Waals surface area contributed by atoms with Crippen molar-refractivity contribution in [3.05, 3.63) is 33.8 Å². The van der Waals surface area contributed by atoms with Crippen molar-refractivity contribution >= 4 is 29.1 Å². The Labute approximate surface area is 119 Å². The Kier molecular flexibility index (Phi) is 6.51. The van der Waals surface area contributed by atoms with E-state index in [2.05, 4.69) is 12.2 Å². The highest BCUT2D eigenvalue weighted by Crippen LogP contribution is 2.25. The van der Waals surface area contributed by atoms with Crippen LogP contribution in [0.2, 0.25) is 10.0 Å². The SMILES string of the molecule is CCC[C@H](C)NC(=O)CCc1c(Cl)cccc1Cl. The second kappa shape index (κ2) is 7.65. The van der Waals surface area contributed by atoms with Gasteiger partial charge in [-0.3, -0.25) is 4.79 Å². The quantitative estimate of drug-likeness (QED) is 0.833. The minimum absolute atomic E-state index is 0.0481. The van der Waals surface area contributed by atoms with Gasteiger partial charge in [-0.05, 0) is 37.5 Å². The topological polar surface area (TPSA) is 29.1 Å². The lowest BCUT2D eigenvalue weighted by molar-refractivity contribution is -0.121. The predicted molar refractivity (Wildman–Crippen MR) is 77.3 cm³/mol. The summed E-state index contributed by atoms with van der Waals surface area (Å²) in [5, 5.41) is 4.21. The maximum atomic E-state index is 11.7. The summed E-state index contributed by atoms with van der Waals surface area (Å²) < 4.78 is 0. The first-order chi connectivity index (χ1) is 8.54. The van der Waals surface area contributed by atoms with Gasteiger partial charge < -0.3 is 5.32 Å². The average Bonchev–Trinajstić information content (AvgIpc) is 2.28. The minimum atomic E-state index is 0.0481. The zero-order valence-electron chi connectivity index (χ0n) is 10.8. The molecular weight excluding hydrogens is 269 g/mol. The van der Waals surface area contributed by atoms with Gasteiger partial charge in [-0.25, -0.2) is 0 Å². The van der Waals surface area contributed by atoms with Crippen LogP contribution in [0.4, 0.5) is 0 Å². The molecule has 0 aliphatic rings. The second-order valence-corrected chi connectivity index (χ2v) is 5.27. The molecule has 1 atom stereocenters. The van der Waals surface area contributed by atoms with Crippen molar-refractivity contribution in [2.45, 2.75) is 45.6 Å². The fourth-order valence-electron chi connectivity index (χ4n) is 1.86. The molecule has 1 rings (SSSR count). The van der Waals surface area contributed by atoms with Crippen LogP contribution >= 0.6 is 23.2 Å². The van der Waals surface area contributed by atoms with Crippen LogP contribution in [-0.4, -0.2) is 11.9 Å². The zero-order chi connectivity index (χ0) is 13.5. The Hall–Kier alpha value is -0.730. The largest absolute Gasteiger partial charge is 0.354 e. The van der Waals surface area contributed by atoms with E-state index in [0.717, 1.165) is 18.4 Å². The molecule has 1 N–H and O–H groups in total. The zero-order valence-corrected chi connectivity index (χ0v) is 12.3. The Bertz CT molecular complexity index is 387.